The minimum atomic E-state index is -3.65. The summed E-state index contributed by atoms with van der Waals surface area (Å²) in [6, 6.07) is 5.78. The number of aromatic nitrogens is 3. The first-order chi connectivity index (χ1) is 12.7. The number of benzene rings is 1. The Hall–Kier alpha value is -2.53. The predicted octanol–water partition coefficient (Wildman–Crippen LogP) is 0.857. The van der Waals surface area contributed by atoms with Gasteiger partial charge in [0, 0.05) is 12.6 Å². The highest BCUT2D eigenvalue weighted by atomic mass is 32.2. The van der Waals surface area contributed by atoms with Gasteiger partial charge in [0.05, 0.1) is 11.4 Å². The van der Waals surface area contributed by atoms with Gasteiger partial charge in [-0.2, -0.15) is 5.10 Å². The molecule has 1 aromatic heterocycles. The van der Waals surface area contributed by atoms with E-state index in [0.29, 0.717) is 16.2 Å². The monoisotopic (exact) mass is 408 g/mol. The SMILES string of the molecule is CC(C)[C@H](N=C1NS(=O)(=O)c2ccccc21)C(=O)NCc1n[nH]c(=S)n1C. The summed E-state index contributed by atoms with van der Waals surface area (Å²) < 4.78 is 29.0. The van der Waals surface area contributed by atoms with Gasteiger partial charge in [0.1, 0.15) is 11.9 Å². The van der Waals surface area contributed by atoms with Crippen molar-refractivity contribution in [1.82, 2.24) is 24.8 Å². The van der Waals surface area contributed by atoms with E-state index in [1.165, 1.54) is 6.07 Å². The number of rotatable bonds is 5. The van der Waals surface area contributed by atoms with Crippen molar-refractivity contribution in [1.29, 1.82) is 0 Å². The average Bonchev–Trinajstić information content (AvgIpc) is 3.07. The lowest BCUT2D eigenvalue weighted by atomic mass is 10.0. The van der Waals surface area contributed by atoms with Crippen LogP contribution in [0.25, 0.3) is 0 Å². The molecular formula is C16H20N6O3S2. The molecule has 3 rings (SSSR count). The van der Waals surface area contributed by atoms with E-state index in [4.69, 9.17) is 12.2 Å². The molecule has 3 N–H and O–H groups in total. The number of carbonyl (C=O) groups is 1. The zero-order valence-electron chi connectivity index (χ0n) is 15.1. The third-order valence-corrected chi connectivity index (χ3v) is 5.99. The van der Waals surface area contributed by atoms with E-state index >= 15 is 0 Å². The van der Waals surface area contributed by atoms with E-state index in [2.05, 4.69) is 25.2 Å². The molecule has 2 aromatic rings. The van der Waals surface area contributed by atoms with E-state index in [1.807, 2.05) is 13.8 Å². The van der Waals surface area contributed by atoms with Crippen LogP contribution in [0.3, 0.4) is 0 Å². The molecule has 27 heavy (non-hydrogen) atoms. The zero-order valence-corrected chi connectivity index (χ0v) is 16.7. The fourth-order valence-electron chi connectivity index (χ4n) is 2.69. The summed E-state index contributed by atoms with van der Waals surface area (Å²) in [5.41, 5.74) is 0.463. The Morgan fingerprint density at radius 2 is 2.07 bits per heavy atom. The molecular weight excluding hydrogens is 388 g/mol. The van der Waals surface area contributed by atoms with Crippen LogP contribution in [0.5, 0.6) is 0 Å². The summed E-state index contributed by atoms with van der Waals surface area (Å²) in [5.74, 6) is 0.292. The molecule has 0 aliphatic carbocycles. The molecule has 9 nitrogen and oxygen atoms in total. The number of amides is 1. The summed E-state index contributed by atoms with van der Waals surface area (Å²) in [5, 5.41) is 9.48. The number of carbonyl (C=O) groups excluding carboxylic acids is 1. The number of hydrogen-bond donors (Lipinski definition) is 3. The van der Waals surface area contributed by atoms with Crippen LogP contribution < -0.4 is 10.0 Å². The number of aromatic amines is 1. The molecule has 0 saturated carbocycles. The Bertz CT molecular complexity index is 1070. The molecule has 1 aromatic carbocycles. The fraction of sp³-hybridized carbons (Fsp3) is 0.375. The summed E-state index contributed by atoms with van der Waals surface area (Å²) in [6.45, 7) is 3.87. The number of nitrogens with zero attached hydrogens (tertiary/aromatic N) is 3. The Kier molecular flexibility index (Phi) is 5.16. The molecule has 2 heterocycles. The van der Waals surface area contributed by atoms with Gasteiger partial charge >= 0.3 is 0 Å². The Morgan fingerprint density at radius 3 is 2.70 bits per heavy atom. The fourth-order valence-corrected chi connectivity index (χ4v) is 4.08. The van der Waals surface area contributed by atoms with Gasteiger partial charge in [0.2, 0.25) is 5.91 Å². The zero-order chi connectivity index (χ0) is 19.8. The number of H-pyrrole nitrogens is 1. The molecule has 0 radical (unpaired) electrons. The number of aliphatic imine (C=N–C) groups is 1. The van der Waals surface area contributed by atoms with Crippen molar-refractivity contribution in [3.8, 4) is 0 Å². The van der Waals surface area contributed by atoms with E-state index in [1.54, 1.807) is 29.8 Å². The van der Waals surface area contributed by atoms with Crippen molar-refractivity contribution < 1.29 is 13.2 Å². The number of nitrogens with one attached hydrogen (secondary N) is 3. The lowest BCUT2D eigenvalue weighted by Crippen LogP contribution is -2.38. The first-order valence-electron chi connectivity index (χ1n) is 8.28. The van der Waals surface area contributed by atoms with E-state index in [-0.39, 0.29) is 29.1 Å². The Balaban J connectivity index is 1.84. The summed E-state index contributed by atoms with van der Waals surface area (Å²) in [4.78, 5) is 17.2. The number of amidine groups is 1. The normalized spacial score (nSPS) is 17.6. The highest BCUT2D eigenvalue weighted by Crippen LogP contribution is 2.23. The molecule has 1 amide bonds. The molecule has 144 valence electrons. The van der Waals surface area contributed by atoms with Crippen molar-refractivity contribution in [3.05, 3.63) is 40.4 Å². The Labute approximate surface area is 162 Å². The van der Waals surface area contributed by atoms with Crippen molar-refractivity contribution >= 4 is 34.0 Å². The van der Waals surface area contributed by atoms with Crippen molar-refractivity contribution in [2.75, 3.05) is 0 Å². The molecule has 11 heteroatoms. The number of fused-ring (bicyclic) bond motifs is 1. The van der Waals surface area contributed by atoms with Crippen LogP contribution in [0.4, 0.5) is 0 Å². The molecule has 0 spiro atoms. The largest absolute Gasteiger partial charge is 0.347 e. The van der Waals surface area contributed by atoms with Crippen LogP contribution in [0.2, 0.25) is 0 Å². The van der Waals surface area contributed by atoms with Crippen molar-refractivity contribution in [2.45, 2.75) is 31.3 Å². The smallest absolute Gasteiger partial charge is 0.263 e. The third kappa shape index (κ3) is 3.78. The van der Waals surface area contributed by atoms with Gasteiger partial charge in [-0.05, 0) is 30.3 Å². The second kappa shape index (κ2) is 7.24. The quantitative estimate of drug-likeness (QED) is 0.634. The minimum Gasteiger partial charge on any atom is -0.347 e. The highest BCUT2D eigenvalue weighted by Gasteiger charge is 2.32. The van der Waals surface area contributed by atoms with Crippen molar-refractivity contribution in [3.63, 3.8) is 0 Å². The van der Waals surface area contributed by atoms with E-state index in [0.717, 1.165) is 0 Å². The molecule has 1 atom stereocenters. The van der Waals surface area contributed by atoms with Gasteiger partial charge in [-0.1, -0.05) is 26.0 Å². The molecule has 0 bridgehead atoms. The van der Waals surface area contributed by atoms with E-state index in [9.17, 15) is 13.2 Å². The number of hydrogen-bond acceptors (Lipinski definition) is 6. The van der Waals surface area contributed by atoms with Crippen LogP contribution in [-0.2, 0) is 28.4 Å². The maximum atomic E-state index is 12.7. The maximum Gasteiger partial charge on any atom is 0.263 e. The van der Waals surface area contributed by atoms with Gasteiger partial charge in [0.15, 0.2) is 10.6 Å². The van der Waals surface area contributed by atoms with Gasteiger partial charge < -0.3 is 9.88 Å². The maximum absolute atomic E-state index is 12.7. The predicted molar refractivity (Wildman–Crippen MR) is 102 cm³/mol. The van der Waals surface area contributed by atoms with E-state index < -0.39 is 16.1 Å². The first-order valence-corrected chi connectivity index (χ1v) is 10.2. The van der Waals surface area contributed by atoms with Gasteiger partial charge in [-0.25, -0.2) is 8.42 Å². The van der Waals surface area contributed by atoms with Crippen LogP contribution in [0.15, 0.2) is 34.2 Å². The molecule has 1 aliphatic heterocycles. The topological polar surface area (TPSA) is 121 Å². The summed E-state index contributed by atoms with van der Waals surface area (Å²) >= 11 is 5.05. The highest BCUT2D eigenvalue weighted by molar-refractivity contribution is 7.90. The lowest BCUT2D eigenvalue weighted by Gasteiger charge is -2.17. The third-order valence-electron chi connectivity index (χ3n) is 4.22. The Morgan fingerprint density at radius 1 is 1.37 bits per heavy atom. The van der Waals surface area contributed by atoms with Crippen LogP contribution >= 0.6 is 12.2 Å². The second-order valence-electron chi connectivity index (χ2n) is 6.49. The van der Waals surface area contributed by atoms with Crippen LogP contribution in [-0.4, -0.2) is 41.0 Å². The van der Waals surface area contributed by atoms with Gasteiger partial charge in [0.25, 0.3) is 10.0 Å². The molecule has 0 unspecified atom stereocenters. The molecule has 0 saturated heterocycles. The first kappa shape index (κ1) is 19.2. The molecule has 1 aliphatic rings. The standard InChI is InChI=1S/C16H20N6O3S2/c1-9(2)13(15(23)17-8-12-19-20-16(26)22(12)3)18-14-10-6-4-5-7-11(10)27(24,25)21-14/h4-7,9,13H,8H2,1-3H3,(H,17,23)(H,18,21)(H,20,26)/t13-/m0/s1. The van der Waals surface area contributed by atoms with Crippen LogP contribution in [0.1, 0.15) is 25.2 Å². The summed E-state index contributed by atoms with van der Waals surface area (Å²) in [7, 11) is -1.90. The van der Waals surface area contributed by atoms with Gasteiger partial charge in [-0.15, -0.1) is 0 Å². The van der Waals surface area contributed by atoms with Crippen LogP contribution in [0, 0.1) is 10.7 Å². The van der Waals surface area contributed by atoms with Gasteiger partial charge in [-0.3, -0.25) is 19.6 Å². The lowest BCUT2D eigenvalue weighted by molar-refractivity contribution is -0.123. The summed E-state index contributed by atoms with van der Waals surface area (Å²) in [6.07, 6.45) is 0. The number of sulfonamides is 1. The second-order valence-corrected chi connectivity index (χ2v) is 8.53. The molecule has 0 fully saturated rings. The van der Waals surface area contributed by atoms with Crippen molar-refractivity contribution in [2.24, 2.45) is 18.0 Å². The minimum absolute atomic E-state index is 0.141. The average molecular weight is 409 g/mol.